The van der Waals surface area contributed by atoms with Crippen LogP contribution in [0.25, 0.3) is 0 Å². The second kappa shape index (κ2) is 8.92. The van der Waals surface area contributed by atoms with Gasteiger partial charge in [-0.25, -0.2) is 0 Å². The molecule has 0 spiro atoms. The summed E-state index contributed by atoms with van der Waals surface area (Å²) in [5.74, 6) is 0.751. The van der Waals surface area contributed by atoms with Crippen molar-refractivity contribution >= 4 is 11.6 Å². The summed E-state index contributed by atoms with van der Waals surface area (Å²) < 4.78 is 11.6. The van der Waals surface area contributed by atoms with Gasteiger partial charge in [-0.15, -0.1) is 0 Å². The van der Waals surface area contributed by atoms with Gasteiger partial charge in [0, 0.05) is 12.3 Å². The number of aryl methyl sites for hydroxylation is 1. The van der Waals surface area contributed by atoms with E-state index in [4.69, 9.17) is 9.47 Å². The number of carbonyl (C=O) groups is 1. The summed E-state index contributed by atoms with van der Waals surface area (Å²) in [6, 6.07) is 5.72. The summed E-state index contributed by atoms with van der Waals surface area (Å²) in [4.78, 5) is 12.5. The van der Waals surface area contributed by atoms with Crippen molar-refractivity contribution in [2.75, 3.05) is 11.9 Å². The summed E-state index contributed by atoms with van der Waals surface area (Å²) in [7, 11) is 0. The smallest absolute Gasteiger partial charge is 0.256 e. The molecule has 23 heavy (non-hydrogen) atoms. The molecule has 0 aliphatic rings. The zero-order chi connectivity index (χ0) is 17.5. The van der Waals surface area contributed by atoms with Gasteiger partial charge in [-0.3, -0.25) is 4.79 Å². The lowest BCUT2D eigenvalue weighted by atomic mass is 10.0. The minimum atomic E-state index is -0.796. The Hall–Kier alpha value is -1.55. The minimum Gasteiger partial charge on any atom is -0.490 e. The number of nitrogens with one attached hydrogen (secondary N) is 1. The van der Waals surface area contributed by atoms with Gasteiger partial charge in [0.2, 0.25) is 0 Å². The third-order valence-corrected chi connectivity index (χ3v) is 4.12. The molecule has 1 aromatic carbocycles. The van der Waals surface area contributed by atoms with E-state index in [0.29, 0.717) is 13.0 Å². The quantitative estimate of drug-likeness (QED) is 0.717. The van der Waals surface area contributed by atoms with E-state index in [1.807, 2.05) is 52.8 Å². The Morgan fingerprint density at radius 1 is 1.30 bits per heavy atom. The number of benzene rings is 1. The Morgan fingerprint density at radius 3 is 2.52 bits per heavy atom. The van der Waals surface area contributed by atoms with Crippen LogP contribution in [-0.2, 0) is 9.53 Å². The van der Waals surface area contributed by atoms with Gasteiger partial charge in [-0.2, -0.15) is 0 Å². The van der Waals surface area contributed by atoms with Gasteiger partial charge in [0.25, 0.3) is 5.91 Å². The number of ether oxygens (including phenoxy) is 2. The molecule has 1 N–H and O–H groups in total. The maximum absolute atomic E-state index is 12.5. The van der Waals surface area contributed by atoms with Gasteiger partial charge in [0.15, 0.2) is 0 Å². The SMILES string of the molecule is CCCO[C@](C)(CC)C(=O)Nc1ccc(O[C@@H](C)CC)c(C)c1. The first-order valence-electron chi connectivity index (χ1n) is 8.59. The second-order valence-electron chi connectivity index (χ2n) is 6.20. The van der Waals surface area contributed by atoms with E-state index in [0.717, 1.165) is 29.8 Å². The summed E-state index contributed by atoms with van der Waals surface area (Å²) in [5.41, 5.74) is 0.982. The molecule has 4 nitrogen and oxygen atoms in total. The Kier molecular flexibility index (Phi) is 7.56. The van der Waals surface area contributed by atoms with E-state index in [1.165, 1.54) is 0 Å². The monoisotopic (exact) mass is 321 g/mol. The Bertz CT molecular complexity index is 515. The minimum absolute atomic E-state index is 0.108. The molecule has 4 heteroatoms. The van der Waals surface area contributed by atoms with Crippen LogP contribution in [0.1, 0.15) is 59.4 Å². The maximum atomic E-state index is 12.5. The third-order valence-electron chi connectivity index (χ3n) is 4.12. The van der Waals surface area contributed by atoms with Gasteiger partial charge >= 0.3 is 0 Å². The molecule has 0 aliphatic carbocycles. The molecule has 1 aromatic rings. The highest BCUT2D eigenvalue weighted by Gasteiger charge is 2.32. The first kappa shape index (κ1) is 19.5. The maximum Gasteiger partial charge on any atom is 0.256 e. The fraction of sp³-hybridized carbons (Fsp3) is 0.632. The molecule has 0 saturated heterocycles. The van der Waals surface area contributed by atoms with Crippen LogP contribution >= 0.6 is 0 Å². The van der Waals surface area contributed by atoms with Crippen LogP contribution in [0.5, 0.6) is 5.75 Å². The zero-order valence-electron chi connectivity index (χ0n) is 15.4. The lowest BCUT2D eigenvalue weighted by molar-refractivity contribution is -0.139. The second-order valence-corrected chi connectivity index (χ2v) is 6.20. The molecule has 130 valence electrons. The summed E-state index contributed by atoms with van der Waals surface area (Å²) in [6.07, 6.45) is 2.66. The molecule has 1 rings (SSSR count). The van der Waals surface area contributed by atoms with Gasteiger partial charge in [-0.1, -0.05) is 20.8 Å². The standard InChI is InChI=1S/C19H31NO3/c1-7-12-22-19(6,9-3)18(21)20-16-10-11-17(14(4)13-16)23-15(5)8-2/h10-11,13,15H,7-9,12H2,1-6H3,(H,20,21)/t15-,19+/m0/s1. The lowest BCUT2D eigenvalue weighted by Gasteiger charge is -2.27. The summed E-state index contributed by atoms with van der Waals surface area (Å²) in [5, 5.41) is 2.96. The van der Waals surface area contributed by atoms with E-state index in [2.05, 4.69) is 12.2 Å². The number of anilines is 1. The Labute approximate surface area is 140 Å². The number of amides is 1. The summed E-state index contributed by atoms with van der Waals surface area (Å²) >= 11 is 0. The predicted octanol–water partition coefficient (Wildman–Crippen LogP) is 4.71. The molecule has 0 radical (unpaired) electrons. The Balaban J connectivity index is 2.80. The van der Waals surface area contributed by atoms with Crippen LogP contribution in [0.15, 0.2) is 18.2 Å². The first-order chi connectivity index (χ1) is 10.9. The molecule has 1 amide bonds. The average molecular weight is 321 g/mol. The molecule has 2 atom stereocenters. The number of hydrogen-bond acceptors (Lipinski definition) is 3. The van der Waals surface area contributed by atoms with Crippen LogP contribution in [0.2, 0.25) is 0 Å². The van der Waals surface area contributed by atoms with E-state index < -0.39 is 5.60 Å². The van der Waals surface area contributed by atoms with Crippen molar-refractivity contribution in [3.63, 3.8) is 0 Å². The lowest BCUT2D eigenvalue weighted by Crippen LogP contribution is -2.42. The molecule has 0 aromatic heterocycles. The zero-order valence-corrected chi connectivity index (χ0v) is 15.4. The Morgan fingerprint density at radius 2 is 2.00 bits per heavy atom. The molecule has 0 heterocycles. The van der Waals surface area contributed by atoms with E-state index in [-0.39, 0.29) is 12.0 Å². The van der Waals surface area contributed by atoms with Crippen molar-refractivity contribution in [1.82, 2.24) is 0 Å². The van der Waals surface area contributed by atoms with Crippen LogP contribution in [0.4, 0.5) is 5.69 Å². The first-order valence-corrected chi connectivity index (χ1v) is 8.59. The predicted molar refractivity (Wildman–Crippen MR) is 95.1 cm³/mol. The third kappa shape index (κ3) is 5.54. The van der Waals surface area contributed by atoms with Crippen LogP contribution < -0.4 is 10.1 Å². The largest absolute Gasteiger partial charge is 0.490 e. The highest BCUT2D eigenvalue weighted by Crippen LogP contribution is 2.25. The van der Waals surface area contributed by atoms with Gasteiger partial charge in [-0.05, 0) is 63.8 Å². The van der Waals surface area contributed by atoms with Crippen LogP contribution in [0.3, 0.4) is 0 Å². The molecular weight excluding hydrogens is 290 g/mol. The normalized spacial score (nSPS) is 14.9. The van der Waals surface area contributed by atoms with E-state index in [1.54, 1.807) is 0 Å². The van der Waals surface area contributed by atoms with Crippen molar-refractivity contribution in [2.24, 2.45) is 0 Å². The molecule has 0 bridgehead atoms. The molecule has 0 fully saturated rings. The number of hydrogen-bond donors (Lipinski definition) is 1. The van der Waals surface area contributed by atoms with Gasteiger partial charge < -0.3 is 14.8 Å². The molecule has 0 saturated carbocycles. The van der Waals surface area contributed by atoms with Gasteiger partial charge in [0.05, 0.1) is 6.10 Å². The van der Waals surface area contributed by atoms with Crippen molar-refractivity contribution in [1.29, 1.82) is 0 Å². The highest BCUT2D eigenvalue weighted by atomic mass is 16.5. The molecular formula is C19H31NO3. The van der Waals surface area contributed by atoms with Crippen LogP contribution in [-0.4, -0.2) is 24.2 Å². The summed E-state index contributed by atoms with van der Waals surface area (Å²) in [6.45, 7) is 12.5. The van der Waals surface area contributed by atoms with Crippen molar-refractivity contribution in [3.05, 3.63) is 23.8 Å². The molecule has 0 unspecified atom stereocenters. The van der Waals surface area contributed by atoms with Crippen molar-refractivity contribution in [3.8, 4) is 5.75 Å². The topological polar surface area (TPSA) is 47.6 Å². The van der Waals surface area contributed by atoms with Gasteiger partial charge in [0.1, 0.15) is 11.4 Å². The van der Waals surface area contributed by atoms with Crippen molar-refractivity contribution in [2.45, 2.75) is 72.5 Å². The van der Waals surface area contributed by atoms with Crippen LogP contribution in [0, 0.1) is 6.92 Å². The van der Waals surface area contributed by atoms with Crippen molar-refractivity contribution < 1.29 is 14.3 Å². The van der Waals surface area contributed by atoms with E-state index in [9.17, 15) is 4.79 Å². The highest BCUT2D eigenvalue weighted by molar-refractivity contribution is 5.97. The fourth-order valence-corrected chi connectivity index (χ4v) is 2.08. The van der Waals surface area contributed by atoms with E-state index >= 15 is 0 Å². The molecule has 0 aliphatic heterocycles. The average Bonchev–Trinajstić information content (AvgIpc) is 2.54. The fourth-order valence-electron chi connectivity index (χ4n) is 2.08. The number of carbonyl (C=O) groups excluding carboxylic acids is 1. The number of rotatable bonds is 9.